The minimum atomic E-state index is -0.101. The van der Waals surface area contributed by atoms with Crippen molar-refractivity contribution < 1.29 is 9.53 Å². The van der Waals surface area contributed by atoms with Crippen LogP contribution in [0.1, 0.15) is 18.4 Å². The molecule has 2 N–H and O–H groups in total. The fraction of sp³-hybridized carbons (Fsp3) is 0.476. The lowest BCUT2D eigenvalue weighted by molar-refractivity contribution is -0.116. The van der Waals surface area contributed by atoms with Crippen molar-refractivity contribution in [3.63, 3.8) is 0 Å². The highest BCUT2D eigenvalue weighted by Crippen LogP contribution is 2.38. The van der Waals surface area contributed by atoms with Crippen molar-refractivity contribution in [1.29, 1.82) is 0 Å². The number of aliphatic imine (C=N–C) groups is 1. The molecular formula is C21H29IN6O2. The average molecular weight is 524 g/mol. The van der Waals surface area contributed by atoms with Crippen molar-refractivity contribution in [3.05, 3.63) is 48.3 Å². The zero-order valence-electron chi connectivity index (χ0n) is 17.2. The molecular weight excluding hydrogens is 495 g/mol. The van der Waals surface area contributed by atoms with Gasteiger partial charge in [0.1, 0.15) is 6.54 Å². The number of likely N-dealkylation sites (tertiary alicyclic amines) is 1. The Balaban J connectivity index is 0.00000256. The molecule has 1 amide bonds. The van der Waals surface area contributed by atoms with Crippen LogP contribution in [-0.2, 0) is 22.6 Å². The van der Waals surface area contributed by atoms with E-state index in [9.17, 15) is 4.79 Å². The molecule has 1 aromatic carbocycles. The minimum Gasteiger partial charge on any atom is -0.381 e. The van der Waals surface area contributed by atoms with Crippen LogP contribution in [0.3, 0.4) is 0 Å². The molecule has 8 nitrogen and oxygen atoms in total. The van der Waals surface area contributed by atoms with Gasteiger partial charge in [-0.05, 0) is 36.6 Å². The Morgan fingerprint density at radius 2 is 2.23 bits per heavy atom. The minimum absolute atomic E-state index is 0. The van der Waals surface area contributed by atoms with Crippen LogP contribution in [0, 0.1) is 5.41 Å². The van der Waals surface area contributed by atoms with Crippen molar-refractivity contribution in [2.45, 2.75) is 25.9 Å². The van der Waals surface area contributed by atoms with E-state index in [1.807, 2.05) is 31.3 Å². The molecule has 2 aliphatic heterocycles. The number of nitrogens with one attached hydrogen (secondary N) is 2. The van der Waals surface area contributed by atoms with Gasteiger partial charge >= 0.3 is 0 Å². The van der Waals surface area contributed by atoms with Crippen LogP contribution in [0.4, 0.5) is 5.69 Å². The second-order valence-corrected chi connectivity index (χ2v) is 7.83. The fourth-order valence-electron chi connectivity index (χ4n) is 4.10. The molecule has 0 bridgehead atoms. The number of hydrogen-bond acceptors (Lipinski definition) is 4. The lowest BCUT2D eigenvalue weighted by Gasteiger charge is -2.25. The number of carbonyl (C=O) groups is 1. The number of nitrogens with zero attached hydrogens (tertiary/aromatic N) is 4. The van der Waals surface area contributed by atoms with Gasteiger partial charge in [-0.2, -0.15) is 5.10 Å². The number of benzene rings is 1. The predicted molar refractivity (Wildman–Crippen MR) is 127 cm³/mol. The highest BCUT2D eigenvalue weighted by Gasteiger charge is 2.42. The maximum atomic E-state index is 12.2. The monoisotopic (exact) mass is 524 g/mol. The number of hydrogen-bond donors (Lipinski definition) is 2. The Morgan fingerprint density at radius 1 is 1.33 bits per heavy atom. The van der Waals surface area contributed by atoms with Crippen molar-refractivity contribution in [1.82, 2.24) is 20.0 Å². The first-order chi connectivity index (χ1) is 14.2. The number of guanidine groups is 1. The van der Waals surface area contributed by atoms with Crippen molar-refractivity contribution in [3.8, 4) is 0 Å². The molecule has 2 saturated heterocycles. The number of halogens is 1. The normalized spacial score (nSPS) is 21.0. The maximum absolute atomic E-state index is 12.2. The molecule has 0 radical (unpaired) electrons. The van der Waals surface area contributed by atoms with Gasteiger partial charge in [0.25, 0.3) is 0 Å². The molecule has 1 aromatic heterocycles. The molecule has 4 rings (SSSR count). The lowest BCUT2D eigenvalue weighted by atomic mass is 9.87. The standard InChI is InChI=1S/C21H28N6O2.HI/c1-22-20(26-10-6-21(15-26)7-11-29-16-21)23-13-17-4-2-5-18(12-17)25-19(28)14-27-9-3-8-24-27;/h2-5,8-9,12H,6-7,10-11,13-16H2,1H3,(H,22,23)(H,25,28);1H. The topological polar surface area (TPSA) is 83.8 Å². The van der Waals surface area contributed by atoms with E-state index in [1.54, 1.807) is 23.1 Å². The van der Waals surface area contributed by atoms with E-state index >= 15 is 0 Å². The van der Waals surface area contributed by atoms with Crippen LogP contribution in [-0.4, -0.2) is 59.9 Å². The summed E-state index contributed by atoms with van der Waals surface area (Å²) in [5.41, 5.74) is 2.16. The Morgan fingerprint density at radius 3 is 2.97 bits per heavy atom. The smallest absolute Gasteiger partial charge is 0.246 e. The van der Waals surface area contributed by atoms with E-state index in [2.05, 4.69) is 25.6 Å². The predicted octanol–water partition coefficient (Wildman–Crippen LogP) is 2.33. The molecule has 1 unspecified atom stereocenters. The van der Waals surface area contributed by atoms with Crippen LogP contribution in [0.25, 0.3) is 0 Å². The number of amides is 1. The molecule has 0 saturated carbocycles. The second-order valence-electron chi connectivity index (χ2n) is 7.83. The average Bonchev–Trinajstić information content (AvgIpc) is 3.47. The van der Waals surface area contributed by atoms with Gasteiger partial charge < -0.3 is 20.3 Å². The van der Waals surface area contributed by atoms with Gasteiger partial charge in [-0.15, -0.1) is 24.0 Å². The third-order valence-corrected chi connectivity index (χ3v) is 5.66. The molecule has 2 aromatic rings. The third kappa shape index (κ3) is 5.51. The zero-order valence-corrected chi connectivity index (χ0v) is 19.5. The Labute approximate surface area is 194 Å². The van der Waals surface area contributed by atoms with Gasteiger partial charge in [-0.25, -0.2) is 0 Å². The number of rotatable bonds is 5. The summed E-state index contributed by atoms with van der Waals surface area (Å²) in [7, 11) is 1.82. The van der Waals surface area contributed by atoms with Crippen LogP contribution < -0.4 is 10.6 Å². The van der Waals surface area contributed by atoms with E-state index in [0.717, 1.165) is 56.4 Å². The van der Waals surface area contributed by atoms with Crippen molar-refractivity contribution >= 4 is 41.5 Å². The summed E-state index contributed by atoms with van der Waals surface area (Å²) >= 11 is 0. The summed E-state index contributed by atoms with van der Waals surface area (Å²) in [6, 6.07) is 9.67. The zero-order chi connectivity index (χ0) is 20.1. The molecule has 1 spiro atoms. The highest BCUT2D eigenvalue weighted by molar-refractivity contribution is 14.0. The molecule has 9 heteroatoms. The number of anilines is 1. The van der Waals surface area contributed by atoms with Gasteiger partial charge in [-0.3, -0.25) is 14.5 Å². The second kappa shape index (κ2) is 10.3. The van der Waals surface area contributed by atoms with E-state index in [4.69, 9.17) is 4.74 Å². The molecule has 3 heterocycles. The molecule has 2 fully saturated rings. The Hall–Kier alpha value is -2.14. The number of ether oxygens (including phenoxy) is 1. The summed E-state index contributed by atoms with van der Waals surface area (Å²) in [6.45, 7) is 4.58. The lowest BCUT2D eigenvalue weighted by Crippen LogP contribution is -2.41. The summed E-state index contributed by atoms with van der Waals surface area (Å²) < 4.78 is 7.22. The first-order valence-electron chi connectivity index (χ1n) is 10.1. The molecule has 2 aliphatic rings. The first-order valence-corrected chi connectivity index (χ1v) is 10.1. The van der Waals surface area contributed by atoms with Crippen LogP contribution in [0.5, 0.6) is 0 Å². The first kappa shape index (κ1) is 22.5. The van der Waals surface area contributed by atoms with Crippen molar-refractivity contribution in [2.24, 2.45) is 10.4 Å². The number of carbonyl (C=O) groups excluding carboxylic acids is 1. The molecule has 162 valence electrons. The number of aromatic nitrogens is 2. The molecule has 1 atom stereocenters. The quantitative estimate of drug-likeness (QED) is 0.357. The summed E-state index contributed by atoms with van der Waals surface area (Å²) in [5.74, 6) is 0.817. The van der Waals surface area contributed by atoms with Crippen molar-refractivity contribution in [2.75, 3.05) is 38.7 Å². The summed E-state index contributed by atoms with van der Waals surface area (Å²) in [5, 5.41) is 10.4. The third-order valence-electron chi connectivity index (χ3n) is 5.66. The summed E-state index contributed by atoms with van der Waals surface area (Å²) in [6.07, 6.45) is 5.73. The Kier molecular flexibility index (Phi) is 7.70. The van der Waals surface area contributed by atoms with E-state index in [0.29, 0.717) is 12.0 Å². The maximum Gasteiger partial charge on any atom is 0.246 e. The largest absolute Gasteiger partial charge is 0.381 e. The van der Waals surface area contributed by atoms with E-state index in [1.165, 1.54) is 0 Å². The van der Waals surface area contributed by atoms with Gasteiger partial charge in [0.05, 0.1) is 6.61 Å². The highest BCUT2D eigenvalue weighted by atomic mass is 127. The van der Waals surface area contributed by atoms with Crippen LogP contribution in [0.15, 0.2) is 47.7 Å². The van der Waals surface area contributed by atoms with Gasteiger partial charge in [0, 0.05) is 56.8 Å². The van der Waals surface area contributed by atoms with Gasteiger partial charge in [-0.1, -0.05) is 12.1 Å². The SMILES string of the molecule is CN=C(NCc1cccc(NC(=O)Cn2cccn2)c1)N1CCC2(CCOC2)C1.I. The summed E-state index contributed by atoms with van der Waals surface area (Å²) in [4.78, 5) is 19.0. The van der Waals surface area contributed by atoms with Gasteiger partial charge in [0.2, 0.25) is 5.91 Å². The van der Waals surface area contributed by atoms with Gasteiger partial charge in [0.15, 0.2) is 5.96 Å². The van der Waals surface area contributed by atoms with E-state index < -0.39 is 0 Å². The Bertz CT molecular complexity index is 864. The fourth-order valence-corrected chi connectivity index (χ4v) is 4.10. The molecule has 0 aliphatic carbocycles. The van der Waals surface area contributed by atoms with Crippen LogP contribution >= 0.6 is 24.0 Å². The van der Waals surface area contributed by atoms with E-state index in [-0.39, 0.29) is 36.4 Å². The van der Waals surface area contributed by atoms with Crippen LogP contribution in [0.2, 0.25) is 0 Å². The molecule has 30 heavy (non-hydrogen) atoms.